The summed E-state index contributed by atoms with van der Waals surface area (Å²) in [6.07, 6.45) is 2.53. The van der Waals surface area contributed by atoms with Crippen molar-refractivity contribution in [1.82, 2.24) is 10.2 Å². The van der Waals surface area contributed by atoms with Crippen molar-refractivity contribution in [3.05, 3.63) is 94.5 Å². The van der Waals surface area contributed by atoms with E-state index in [4.69, 9.17) is 0 Å². The number of fused-ring (bicyclic) bond motifs is 1. The largest absolute Gasteiger partial charge is 0.478 e. The molecule has 6 heteroatoms. The highest BCUT2D eigenvalue weighted by atomic mass is 16.4. The number of aromatic carboxylic acids is 1. The van der Waals surface area contributed by atoms with E-state index in [1.54, 1.807) is 18.2 Å². The Morgan fingerprint density at radius 1 is 0.947 bits per heavy atom. The molecule has 0 aromatic heterocycles. The molecule has 1 heterocycles. The molecule has 194 valence electrons. The van der Waals surface area contributed by atoms with Gasteiger partial charge in [-0.15, -0.1) is 0 Å². The number of hydrogen-bond donors (Lipinski definition) is 2. The number of carboxylic acid groups (broad SMARTS) is 1. The number of nitrogens with one attached hydrogen (secondary N) is 1. The highest BCUT2D eigenvalue weighted by Gasteiger charge is 2.44. The summed E-state index contributed by atoms with van der Waals surface area (Å²) in [6.45, 7) is 3.70. The molecular weight excluding hydrogens is 476 g/mol. The normalized spacial score (nSPS) is 23.3. The predicted molar refractivity (Wildman–Crippen MR) is 144 cm³/mol. The highest BCUT2D eigenvalue weighted by Crippen LogP contribution is 2.47. The summed E-state index contributed by atoms with van der Waals surface area (Å²) >= 11 is 0. The molecule has 0 bridgehead atoms. The van der Waals surface area contributed by atoms with Crippen LogP contribution in [0, 0.1) is 17.8 Å². The SMILES string of the molecule is CC1CC1C(=O)N1CCc2c(-c3cccc(C(=O)O)c3)ccc(CNC(=O)[C@@H]3C[C@H]3c3ccccc3)c2C1. The molecule has 3 aromatic rings. The molecule has 0 spiro atoms. The zero-order valence-corrected chi connectivity index (χ0v) is 21.5. The average molecular weight is 509 g/mol. The van der Waals surface area contributed by atoms with Crippen LogP contribution in [0.2, 0.25) is 0 Å². The van der Waals surface area contributed by atoms with Gasteiger partial charge in [-0.3, -0.25) is 9.59 Å². The van der Waals surface area contributed by atoms with Crippen LogP contribution in [-0.2, 0) is 29.1 Å². The van der Waals surface area contributed by atoms with Crippen LogP contribution in [0.15, 0.2) is 66.7 Å². The van der Waals surface area contributed by atoms with Crippen molar-refractivity contribution >= 4 is 17.8 Å². The molecule has 2 amide bonds. The van der Waals surface area contributed by atoms with Gasteiger partial charge in [0.05, 0.1) is 5.56 Å². The van der Waals surface area contributed by atoms with Crippen molar-refractivity contribution in [2.75, 3.05) is 6.54 Å². The molecule has 2 fully saturated rings. The van der Waals surface area contributed by atoms with E-state index in [2.05, 4.69) is 24.4 Å². The van der Waals surface area contributed by atoms with E-state index in [0.717, 1.165) is 40.7 Å². The van der Waals surface area contributed by atoms with E-state index in [1.807, 2.05) is 41.3 Å². The molecule has 1 aliphatic heterocycles. The van der Waals surface area contributed by atoms with Crippen LogP contribution >= 0.6 is 0 Å². The maximum atomic E-state index is 13.1. The molecule has 3 aromatic carbocycles. The molecule has 6 nitrogen and oxygen atoms in total. The summed E-state index contributed by atoms with van der Waals surface area (Å²) < 4.78 is 0. The minimum atomic E-state index is -0.954. The van der Waals surface area contributed by atoms with Gasteiger partial charge in [0.15, 0.2) is 0 Å². The van der Waals surface area contributed by atoms with Crippen LogP contribution < -0.4 is 5.32 Å². The maximum absolute atomic E-state index is 13.1. The second-order valence-corrected chi connectivity index (χ2v) is 11.0. The van der Waals surface area contributed by atoms with Crippen molar-refractivity contribution in [1.29, 1.82) is 0 Å². The summed E-state index contributed by atoms with van der Waals surface area (Å²) in [4.78, 5) is 39.6. The van der Waals surface area contributed by atoms with Crippen molar-refractivity contribution in [3.8, 4) is 11.1 Å². The van der Waals surface area contributed by atoms with Gasteiger partial charge in [-0.1, -0.05) is 61.5 Å². The third kappa shape index (κ3) is 4.71. The van der Waals surface area contributed by atoms with Gasteiger partial charge in [0, 0.05) is 31.5 Å². The van der Waals surface area contributed by atoms with Gasteiger partial charge in [-0.05, 0) is 76.6 Å². The third-order valence-corrected chi connectivity index (χ3v) is 8.48. The fourth-order valence-electron chi connectivity index (χ4n) is 5.95. The van der Waals surface area contributed by atoms with Crippen molar-refractivity contribution in [3.63, 3.8) is 0 Å². The molecule has 6 rings (SSSR count). The van der Waals surface area contributed by atoms with E-state index in [0.29, 0.717) is 32.0 Å². The van der Waals surface area contributed by atoms with E-state index in [-0.39, 0.29) is 35.1 Å². The summed E-state index contributed by atoms with van der Waals surface area (Å²) in [6, 6.07) is 21.2. The third-order valence-electron chi connectivity index (χ3n) is 8.48. The Morgan fingerprint density at radius 3 is 2.47 bits per heavy atom. The molecule has 2 unspecified atom stereocenters. The summed E-state index contributed by atoms with van der Waals surface area (Å²) in [5, 5.41) is 12.7. The number of carbonyl (C=O) groups is 3. The Labute approximate surface area is 222 Å². The molecule has 4 atom stereocenters. The first-order valence-corrected chi connectivity index (χ1v) is 13.5. The molecule has 2 N–H and O–H groups in total. The predicted octanol–water partition coefficient (Wildman–Crippen LogP) is 5.01. The number of nitrogens with zero attached hydrogens (tertiary/aromatic N) is 1. The molecule has 3 aliphatic rings. The molecule has 0 saturated heterocycles. The van der Waals surface area contributed by atoms with E-state index >= 15 is 0 Å². The van der Waals surface area contributed by atoms with Crippen molar-refractivity contribution < 1.29 is 19.5 Å². The second kappa shape index (κ2) is 9.75. The van der Waals surface area contributed by atoms with Crippen molar-refractivity contribution in [2.45, 2.75) is 45.2 Å². The first-order chi connectivity index (χ1) is 18.4. The minimum absolute atomic E-state index is 0.000637. The quantitative estimate of drug-likeness (QED) is 0.470. The van der Waals surface area contributed by atoms with Gasteiger partial charge in [0.25, 0.3) is 0 Å². The van der Waals surface area contributed by atoms with Crippen LogP contribution in [0.25, 0.3) is 11.1 Å². The maximum Gasteiger partial charge on any atom is 0.335 e. The van der Waals surface area contributed by atoms with E-state index in [1.165, 1.54) is 5.56 Å². The first-order valence-electron chi connectivity index (χ1n) is 13.5. The monoisotopic (exact) mass is 508 g/mol. The topological polar surface area (TPSA) is 86.7 Å². The fourth-order valence-corrected chi connectivity index (χ4v) is 5.95. The van der Waals surface area contributed by atoms with Gasteiger partial charge in [0.2, 0.25) is 11.8 Å². The average Bonchev–Trinajstić information content (AvgIpc) is 3.87. The van der Waals surface area contributed by atoms with Gasteiger partial charge in [0.1, 0.15) is 0 Å². The molecule has 38 heavy (non-hydrogen) atoms. The molecule has 2 saturated carbocycles. The zero-order chi connectivity index (χ0) is 26.4. The van der Waals surface area contributed by atoms with Gasteiger partial charge in [-0.2, -0.15) is 0 Å². The smallest absolute Gasteiger partial charge is 0.335 e. The van der Waals surface area contributed by atoms with Gasteiger partial charge in [-0.25, -0.2) is 4.79 Å². The minimum Gasteiger partial charge on any atom is -0.478 e. The van der Waals surface area contributed by atoms with E-state index in [9.17, 15) is 19.5 Å². The Bertz CT molecular complexity index is 1420. The Kier molecular flexibility index (Phi) is 6.26. The lowest BCUT2D eigenvalue weighted by Crippen LogP contribution is -2.38. The number of carbonyl (C=O) groups excluding carboxylic acids is 2. The van der Waals surface area contributed by atoms with Gasteiger partial charge >= 0.3 is 5.97 Å². The number of amides is 2. The van der Waals surface area contributed by atoms with Gasteiger partial charge < -0.3 is 15.3 Å². The number of benzene rings is 3. The lowest BCUT2D eigenvalue weighted by Gasteiger charge is -2.32. The molecule has 2 aliphatic carbocycles. The lowest BCUT2D eigenvalue weighted by atomic mass is 9.87. The summed E-state index contributed by atoms with van der Waals surface area (Å²) in [5.74, 6) is 0.192. The summed E-state index contributed by atoms with van der Waals surface area (Å²) in [5.41, 5.74) is 6.55. The Hall–Kier alpha value is -3.93. The Morgan fingerprint density at radius 2 is 1.74 bits per heavy atom. The number of carboxylic acids is 1. The second-order valence-electron chi connectivity index (χ2n) is 11.0. The summed E-state index contributed by atoms with van der Waals surface area (Å²) in [7, 11) is 0. The van der Waals surface area contributed by atoms with Crippen LogP contribution in [0.5, 0.6) is 0 Å². The zero-order valence-electron chi connectivity index (χ0n) is 21.5. The fraction of sp³-hybridized carbons (Fsp3) is 0.344. The molecule has 0 radical (unpaired) electrons. The first kappa shape index (κ1) is 24.4. The van der Waals surface area contributed by atoms with E-state index < -0.39 is 5.97 Å². The van der Waals surface area contributed by atoms with Crippen LogP contribution in [-0.4, -0.2) is 34.3 Å². The molecular formula is C32H32N2O4. The standard InChI is InChI=1S/C32H32N2O4/c1-19-14-26(19)31(36)34-13-12-25-24(21-8-5-9-22(15-21)32(37)38)11-10-23(29(25)18-34)17-33-30(35)28-16-27(28)20-6-3-2-4-7-20/h2-11,15,19,26-28H,12-14,16-18H2,1H3,(H,33,35)(H,37,38)/t19?,26?,27-,28+/m0/s1. The Balaban J connectivity index is 1.26. The van der Waals surface area contributed by atoms with Crippen LogP contribution in [0.3, 0.4) is 0 Å². The van der Waals surface area contributed by atoms with Crippen LogP contribution in [0.4, 0.5) is 0 Å². The number of rotatable bonds is 7. The highest BCUT2D eigenvalue weighted by molar-refractivity contribution is 5.90. The van der Waals surface area contributed by atoms with Crippen LogP contribution in [0.1, 0.15) is 58.3 Å². The lowest BCUT2D eigenvalue weighted by molar-refractivity contribution is -0.133. The van der Waals surface area contributed by atoms with Crippen molar-refractivity contribution in [2.24, 2.45) is 17.8 Å². The number of hydrogen-bond acceptors (Lipinski definition) is 3.